The number of hydrogen-bond donors (Lipinski definition) is 0. The van der Waals surface area contributed by atoms with Gasteiger partial charge in [-0.05, 0) is 69.1 Å². The summed E-state index contributed by atoms with van der Waals surface area (Å²) in [6.45, 7) is 0.783. The number of allylic oxidation sites excluding steroid dienone is 2. The Hall–Kier alpha value is -1.58. The first kappa shape index (κ1) is 20.7. The van der Waals surface area contributed by atoms with Crippen LogP contribution in [0.15, 0.2) is 11.9 Å². The van der Waals surface area contributed by atoms with Crippen LogP contribution in [0.2, 0.25) is 0 Å². The Labute approximate surface area is 148 Å². The zero-order valence-corrected chi connectivity index (χ0v) is 21.8. The van der Waals surface area contributed by atoms with E-state index in [9.17, 15) is 17.6 Å². The van der Waals surface area contributed by atoms with E-state index in [1.54, 1.807) is 0 Å². The molecule has 1 nitrogen and oxygen atoms in total. The van der Waals surface area contributed by atoms with Crippen molar-refractivity contribution in [3.05, 3.63) is 18.3 Å². The van der Waals surface area contributed by atoms with Crippen molar-refractivity contribution in [3.63, 3.8) is 0 Å². The molecule has 1 heterocycles. The maximum absolute atomic E-state index is 13.7. The number of rotatable bonds is 3. The molecule has 3 aliphatic rings. The number of hydrogen-bond acceptors (Lipinski definition) is 1. The van der Waals surface area contributed by atoms with Gasteiger partial charge in [0.05, 0.1) is 12.2 Å². The molecule has 2 saturated carbocycles. The van der Waals surface area contributed by atoms with Crippen LogP contribution in [-0.2, 0) is 4.74 Å². The van der Waals surface area contributed by atoms with E-state index in [2.05, 4.69) is 6.42 Å². The fourth-order valence-electron chi connectivity index (χ4n) is 5.14. The van der Waals surface area contributed by atoms with E-state index in [4.69, 9.17) is 4.74 Å². The molecule has 26 heavy (non-hydrogen) atoms. The number of ether oxygens (including phenoxy) is 1. The van der Waals surface area contributed by atoms with Crippen LogP contribution in [-0.4, -0.2) is 18.9 Å². The molecule has 146 valence electrons. The summed E-state index contributed by atoms with van der Waals surface area (Å²) in [6.07, 6.45) is 7.90. The standard InChI is InChI=1S/C20H29F4O.Rf/c21-18(13-20(22,23)24)16-8-4-14(5-9-16)15-6-10-17(11-7-15)19-3-1-2-12-25-19;/h2,13-17,19H,1,3-12H2;/q-1;/b18-13-;. The largest absolute Gasteiger partial charge is 0.412 e. The van der Waals surface area contributed by atoms with E-state index in [1.165, 1.54) is 25.7 Å². The number of alkyl halides is 3. The Balaban J connectivity index is 0.00000243. The quantitative estimate of drug-likeness (QED) is 0.260. The van der Waals surface area contributed by atoms with Gasteiger partial charge >= 0.3 is 6.18 Å². The van der Waals surface area contributed by atoms with E-state index in [0.717, 1.165) is 32.3 Å². The van der Waals surface area contributed by atoms with E-state index in [0.29, 0.717) is 36.7 Å². The Bertz CT molecular complexity index is 443. The Morgan fingerprint density at radius 2 is 1.38 bits per heavy atom. The van der Waals surface area contributed by atoms with Gasteiger partial charge in [-0.25, -0.2) is 4.39 Å². The molecular formula is C20H29F4ORf-. The molecule has 1 aliphatic heterocycles. The summed E-state index contributed by atoms with van der Waals surface area (Å²) in [5.41, 5.74) is 0. The van der Waals surface area contributed by atoms with Crippen LogP contribution < -0.4 is 0 Å². The minimum Gasteiger partial charge on any atom is -0.410 e. The number of halogens is 4. The predicted octanol–water partition coefficient (Wildman–Crippen LogP) is 6.40. The molecule has 1 atom stereocenters. The van der Waals surface area contributed by atoms with Gasteiger partial charge in [0.2, 0.25) is 0 Å². The van der Waals surface area contributed by atoms with Crippen molar-refractivity contribution in [3.8, 4) is 0 Å². The first-order chi connectivity index (χ1) is 11.9. The Morgan fingerprint density at radius 1 is 0.846 bits per heavy atom. The summed E-state index contributed by atoms with van der Waals surface area (Å²) in [7, 11) is 0. The first-order valence-electron chi connectivity index (χ1n) is 9.80. The third-order valence-electron chi connectivity index (χ3n) is 6.56. The summed E-state index contributed by atoms with van der Waals surface area (Å²) < 4.78 is 56.5. The van der Waals surface area contributed by atoms with E-state index in [1.807, 2.05) is 0 Å². The van der Waals surface area contributed by atoms with Crippen LogP contribution in [0.1, 0.15) is 64.2 Å². The van der Waals surface area contributed by atoms with Gasteiger partial charge in [0.1, 0.15) is 5.83 Å². The van der Waals surface area contributed by atoms with E-state index < -0.39 is 17.9 Å². The third kappa shape index (κ3) is 5.46. The SMILES string of the molecule is F/C(=C\C(F)(F)F)C1CCC(C2CCC(C3CC[CH-]CO3)CC2)CC1.[Rf]. The molecule has 0 amide bonds. The van der Waals surface area contributed by atoms with E-state index >= 15 is 0 Å². The third-order valence-corrected chi connectivity index (χ3v) is 6.56. The predicted molar refractivity (Wildman–Crippen MR) is 89.4 cm³/mol. The van der Waals surface area contributed by atoms with Gasteiger partial charge in [0.25, 0.3) is 0 Å². The van der Waals surface area contributed by atoms with Crippen molar-refractivity contribution in [2.24, 2.45) is 23.7 Å². The van der Waals surface area contributed by atoms with Gasteiger partial charge < -0.3 is 11.2 Å². The molecule has 2 aliphatic carbocycles. The molecule has 3 rings (SSSR count). The van der Waals surface area contributed by atoms with Crippen LogP contribution in [0.5, 0.6) is 0 Å². The van der Waals surface area contributed by atoms with Crippen molar-refractivity contribution in [1.29, 1.82) is 0 Å². The molecule has 0 spiro atoms. The van der Waals surface area contributed by atoms with Crippen LogP contribution >= 0.6 is 0 Å². The van der Waals surface area contributed by atoms with Gasteiger partial charge in [0.15, 0.2) is 0 Å². The zero-order valence-electron chi connectivity index (χ0n) is 15.4. The molecule has 0 aromatic rings. The second kappa shape index (κ2) is 8.88. The molecule has 3 fully saturated rings. The molecule has 0 N–H and O–H groups in total. The fourth-order valence-corrected chi connectivity index (χ4v) is 5.14. The summed E-state index contributed by atoms with van der Waals surface area (Å²) in [5, 5.41) is 0. The first-order valence-corrected chi connectivity index (χ1v) is 9.80. The monoisotopic (exact) mass is 628 g/mol. The van der Waals surface area contributed by atoms with Gasteiger partial charge in [-0.1, -0.05) is 13.0 Å². The normalized spacial score (nSPS) is 37.1. The topological polar surface area (TPSA) is 9.23 Å². The second-order valence-electron chi connectivity index (χ2n) is 8.10. The van der Waals surface area contributed by atoms with Crippen LogP contribution in [0.4, 0.5) is 17.6 Å². The molecule has 1 saturated heterocycles. The molecule has 0 radical (unpaired) electrons. The molecule has 6 heteroatoms. The van der Waals surface area contributed by atoms with Crippen molar-refractivity contribution in [2.45, 2.75) is 76.5 Å². The average Bonchev–Trinajstić information content (AvgIpc) is 2.61. The minimum atomic E-state index is -4.54. The maximum atomic E-state index is 13.7. The minimum absolute atomic E-state index is 0. The molecule has 0 aromatic carbocycles. The molecule has 0 bridgehead atoms. The van der Waals surface area contributed by atoms with Crippen LogP contribution in [0, 0.1) is 30.1 Å². The smallest absolute Gasteiger partial charge is 0.410 e. The van der Waals surface area contributed by atoms with Gasteiger partial charge in [-0.3, -0.25) is 0 Å². The van der Waals surface area contributed by atoms with Crippen molar-refractivity contribution < 1.29 is 22.3 Å². The maximum Gasteiger partial charge on any atom is 0.412 e. The van der Waals surface area contributed by atoms with Crippen molar-refractivity contribution in [2.75, 3.05) is 6.61 Å². The van der Waals surface area contributed by atoms with E-state index in [-0.39, 0.29) is 6.08 Å². The van der Waals surface area contributed by atoms with Gasteiger partial charge in [0, 0.05) is 5.92 Å². The van der Waals surface area contributed by atoms with Gasteiger partial charge in [-0.2, -0.15) is 19.6 Å². The Morgan fingerprint density at radius 3 is 1.88 bits per heavy atom. The van der Waals surface area contributed by atoms with Crippen LogP contribution in [0.25, 0.3) is 0 Å². The van der Waals surface area contributed by atoms with Crippen molar-refractivity contribution in [1.82, 2.24) is 0 Å². The second-order valence-corrected chi connectivity index (χ2v) is 8.10. The molecule has 1 unspecified atom stereocenters. The summed E-state index contributed by atoms with van der Waals surface area (Å²) in [5.74, 6) is 0.411. The summed E-state index contributed by atoms with van der Waals surface area (Å²) >= 11 is 0. The zero-order chi connectivity index (χ0) is 17.9. The van der Waals surface area contributed by atoms with Crippen LogP contribution in [0.3, 0.4) is 0 Å². The summed E-state index contributed by atoms with van der Waals surface area (Å²) in [4.78, 5) is 0. The Kier molecular flexibility index (Phi) is 7.08. The molecule has 0 aromatic heterocycles. The average molecular weight is 628 g/mol. The van der Waals surface area contributed by atoms with Gasteiger partial charge in [-0.15, -0.1) is 0 Å². The fraction of sp³-hybridized carbons (Fsp3) is 0.850. The summed E-state index contributed by atoms with van der Waals surface area (Å²) in [6, 6.07) is 0. The molecular weight excluding hydrogens is 599 g/mol. The van der Waals surface area contributed by atoms with Crippen molar-refractivity contribution >= 4 is 0 Å².